The van der Waals surface area contributed by atoms with E-state index in [-0.39, 0.29) is 12.5 Å². The fourth-order valence-corrected chi connectivity index (χ4v) is 1.07. The number of carbonyl (C=O) groups is 1. The maximum absolute atomic E-state index is 10.8. The van der Waals surface area contributed by atoms with Crippen LogP contribution in [-0.2, 0) is 4.79 Å². The van der Waals surface area contributed by atoms with Crippen molar-refractivity contribution in [2.75, 3.05) is 19.8 Å². The molecule has 5 heteroatoms. The zero-order chi connectivity index (χ0) is 7.68. The van der Waals surface area contributed by atoms with Crippen LogP contribution < -0.4 is 10.6 Å². The van der Waals surface area contributed by atoms with Gasteiger partial charge in [-0.2, -0.15) is 4.99 Å². The van der Waals surface area contributed by atoms with Crippen molar-refractivity contribution in [3.8, 4) is 0 Å². The van der Waals surface area contributed by atoms with Gasteiger partial charge in [-0.25, -0.2) is 0 Å². The van der Waals surface area contributed by atoms with Crippen LogP contribution in [0.25, 0.3) is 0 Å². The number of carbonyl (C=O) groups excluding carboxylic acids is 1. The van der Waals surface area contributed by atoms with Crippen molar-refractivity contribution in [3.63, 3.8) is 0 Å². The number of amides is 1. The van der Waals surface area contributed by atoms with Crippen LogP contribution in [0.3, 0.4) is 0 Å². The first-order chi connectivity index (χ1) is 5.36. The Morgan fingerprint density at radius 2 is 2.36 bits per heavy atom. The van der Waals surface area contributed by atoms with Crippen molar-refractivity contribution in [1.82, 2.24) is 10.6 Å². The van der Waals surface area contributed by atoms with Gasteiger partial charge >= 0.3 is 0 Å². The summed E-state index contributed by atoms with van der Waals surface area (Å²) in [6.07, 6.45) is 0. The zero-order valence-corrected chi connectivity index (χ0v) is 5.92. The molecule has 2 aliphatic heterocycles. The minimum atomic E-state index is -0.168. The molecule has 0 saturated carbocycles. The largest absolute Gasteiger partial charge is 0.356 e. The van der Waals surface area contributed by atoms with Crippen molar-refractivity contribution in [2.45, 2.75) is 0 Å². The summed E-state index contributed by atoms with van der Waals surface area (Å²) in [4.78, 5) is 18.6. The van der Waals surface area contributed by atoms with Crippen LogP contribution >= 0.6 is 0 Å². The van der Waals surface area contributed by atoms with Crippen LogP contribution in [-0.4, -0.2) is 37.2 Å². The van der Waals surface area contributed by atoms with E-state index < -0.39 is 0 Å². The van der Waals surface area contributed by atoms with Crippen molar-refractivity contribution < 1.29 is 4.79 Å². The molecular weight excluding hydrogens is 144 g/mol. The predicted octanol–water partition coefficient (Wildman–Crippen LogP) is -1.48. The molecule has 0 unspecified atom stereocenters. The van der Waals surface area contributed by atoms with Gasteiger partial charge in [0.2, 0.25) is 0 Å². The van der Waals surface area contributed by atoms with E-state index in [1.54, 1.807) is 0 Å². The molecule has 0 bridgehead atoms. The maximum Gasteiger partial charge on any atom is 0.269 e. The number of aliphatic imine (C=N–C) groups is 2. The molecule has 0 aromatic carbocycles. The third-order valence-electron chi connectivity index (χ3n) is 1.59. The maximum atomic E-state index is 10.8. The van der Waals surface area contributed by atoms with Gasteiger partial charge in [0.25, 0.3) is 5.91 Å². The van der Waals surface area contributed by atoms with E-state index in [0.29, 0.717) is 19.0 Å². The van der Waals surface area contributed by atoms with Gasteiger partial charge < -0.3 is 5.32 Å². The highest BCUT2D eigenvalue weighted by molar-refractivity contribution is 6.45. The van der Waals surface area contributed by atoms with Crippen LogP contribution in [0.15, 0.2) is 9.98 Å². The number of nitrogens with one attached hydrogen (secondary N) is 2. The summed E-state index contributed by atoms with van der Waals surface area (Å²) in [5.41, 5.74) is 0.857. The number of rotatable bonds is 0. The highest BCUT2D eigenvalue weighted by Gasteiger charge is 2.18. The molecule has 1 fully saturated rings. The molecule has 0 atom stereocenters. The third-order valence-corrected chi connectivity index (χ3v) is 1.59. The Labute approximate surface area is 63.6 Å². The van der Waals surface area contributed by atoms with Gasteiger partial charge in [-0.1, -0.05) is 0 Å². The average molecular weight is 152 g/mol. The molecule has 1 amide bonds. The molecule has 2 N–H and O–H groups in total. The van der Waals surface area contributed by atoms with Crippen molar-refractivity contribution >= 4 is 17.5 Å². The lowest BCUT2D eigenvalue weighted by atomic mass is 10.2. The van der Waals surface area contributed by atoms with Gasteiger partial charge in [0, 0.05) is 6.54 Å². The SMILES string of the molecule is O=C1CN=C2CNCNC2=N1. The molecule has 0 aromatic heterocycles. The van der Waals surface area contributed by atoms with Crippen molar-refractivity contribution in [3.05, 3.63) is 0 Å². The summed E-state index contributed by atoms with van der Waals surface area (Å²) >= 11 is 0. The summed E-state index contributed by atoms with van der Waals surface area (Å²) in [7, 11) is 0. The second-order valence-electron chi connectivity index (χ2n) is 2.40. The van der Waals surface area contributed by atoms with Crippen LogP contribution in [0.1, 0.15) is 0 Å². The van der Waals surface area contributed by atoms with Crippen molar-refractivity contribution in [1.29, 1.82) is 0 Å². The molecule has 0 radical (unpaired) electrons. The first-order valence-corrected chi connectivity index (χ1v) is 3.46. The van der Waals surface area contributed by atoms with Gasteiger partial charge in [0.05, 0.1) is 12.4 Å². The standard InChI is InChI=1S/C6H8N4O/c11-5-2-8-4-1-7-3-9-6(4)10-5/h7H,1-3H2,(H,9,10,11). The first kappa shape index (κ1) is 6.48. The van der Waals surface area contributed by atoms with Crippen LogP contribution in [0.2, 0.25) is 0 Å². The summed E-state index contributed by atoms with van der Waals surface area (Å²) in [5, 5.41) is 6.00. The van der Waals surface area contributed by atoms with Crippen LogP contribution in [0, 0.1) is 0 Å². The Hall–Kier alpha value is -1.23. The Morgan fingerprint density at radius 3 is 3.27 bits per heavy atom. The van der Waals surface area contributed by atoms with Crippen LogP contribution in [0.4, 0.5) is 0 Å². The number of fused-ring (bicyclic) bond motifs is 1. The lowest BCUT2D eigenvalue weighted by molar-refractivity contribution is -0.116. The molecule has 0 aliphatic carbocycles. The number of hydrogen-bond acceptors (Lipinski definition) is 4. The van der Waals surface area contributed by atoms with Crippen molar-refractivity contribution in [2.24, 2.45) is 9.98 Å². The van der Waals surface area contributed by atoms with Gasteiger partial charge in [-0.15, -0.1) is 0 Å². The molecule has 5 nitrogen and oxygen atoms in total. The first-order valence-electron chi connectivity index (χ1n) is 3.46. The number of nitrogens with zero attached hydrogens (tertiary/aromatic N) is 2. The molecule has 58 valence electrons. The summed E-state index contributed by atoms with van der Waals surface area (Å²) in [6, 6.07) is 0. The normalized spacial score (nSPS) is 23.1. The topological polar surface area (TPSA) is 65.8 Å². The van der Waals surface area contributed by atoms with E-state index in [9.17, 15) is 4.79 Å². The molecule has 2 aliphatic rings. The van der Waals surface area contributed by atoms with E-state index in [2.05, 4.69) is 20.6 Å². The smallest absolute Gasteiger partial charge is 0.269 e. The monoisotopic (exact) mass is 152 g/mol. The van der Waals surface area contributed by atoms with Gasteiger partial charge in [0.1, 0.15) is 6.54 Å². The van der Waals surface area contributed by atoms with Gasteiger partial charge in [0.15, 0.2) is 5.84 Å². The van der Waals surface area contributed by atoms with E-state index in [4.69, 9.17) is 0 Å². The fourth-order valence-electron chi connectivity index (χ4n) is 1.07. The molecule has 2 heterocycles. The Morgan fingerprint density at radius 1 is 1.45 bits per heavy atom. The molecule has 1 saturated heterocycles. The second kappa shape index (κ2) is 2.43. The molecule has 2 rings (SSSR count). The molecule has 0 spiro atoms. The minimum absolute atomic E-state index is 0.168. The Bertz CT molecular complexity index is 255. The second-order valence-corrected chi connectivity index (χ2v) is 2.40. The zero-order valence-electron chi connectivity index (χ0n) is 5.92. The van der Waals surface area contributed by atoms with Gasteiger partial charge in [-0.3, -0.25) is 15.1 Å². The predicted molar refractivity (Wildman–Crippen MR) is 40.7 cm³/mol. The molecular formula is C6H8N4O. The van der Waals surface area contributed by atoms with E-state index in [1.807, 2.05) is 0 Å². The van der Waals surface area contributed by atoms with Gasteiger partial charge in [-0.05, 0) is 0 Å². The Balaban J connectivity index is 2.26. The quantitative estimate of drug-likeness (QED) is 0.444. The number of amidine groups is 1. The van der Waals surface area contributed by atoms with Crippen LogP contribution in [0.5, 0.6) is 0 Å². The molecule has 11 heavy (non-hydrogen) atoms. The highest BCUT2D eigenvalue weighted by atomic mass is 16.1. The lowest BCUT2D eigenvalue weighted by Gasteiger charge is -2.20. The summed E-state index contributed by atoms with van der Waals surface area (Å²) in [6.45, 7) is 1.56. The van der Waals surface area contributed by atoms with E-state index in [1.165, 1.54) is 0 Å². The fraction of sp³-hybridized carbons (Fsp3) is 0.500. The summed E-state index contributed by atoms with van der Waals surface area (Å²) in [5.74, 6) is 0.471. The number of hydrogen-bond donors (Lipinski definition) is 2. The minimum Gasteiger partial charge on any atom is -0.356 e. The lowest BCUT2D eigenvalue weighted by Crippen LogP contribution is -2.50. The molecule has 0 aromatic rings. The third kappa shape index (κ3) is 1.14. The Kier molecular flexibility index (Phi) is 1.43. The summed E-state index contributed by atoms with van der Waals surface area (Å²) < 4.78 is 0. The van der Waals surface area contributed by atoms with E-state index >= 15 is 0 Å². The van der Waals surface area contributed by atoms with E-state index in [0.717, 1.165) is 5.71 Å². The highest BCUT2D eigenvalue weighted by Crippen LogP contribution is 1.95. The average Bonchev–Trinajstić information content (AvgIpc) is 2.04.